The van der Waals surface area contributed by atoms with Gasteiger partial charge in [0.25, 0.3) is 0 Å². The molecule has 0 saturated carbocycles. The van der Waals surface area contributed by atoms with Crippen molar-refractivity contribution < 1.29 is 24.1 Å². The number of amides is 1. The summed E-state index contributed by atoms with van der Waals surface area (Å²) in [6.45, 7) is 8.97. The largest absolute Gasteiger partial charge is 0.445 e. The van der Waals surface area contributed by atoms with Crippen LogP contribution in [-0.4, -0.2) is 48.9 Å². The zero-order chi connectivity index (χ0) is 23.6. The van der Waals surface area contributed by atoms with Gasteiger partial charge in [-0.15, -0.1) is 6.58 Å². The van der Waals surface area contributed by atoms with Gasteiger partial charge in [-0.25, -0.2) is 4.79 Å². The van der Waals surface area contributed by atoms with Crippen LogP contribution in [-0.2, 0) is 20.8 Å². The van der Waals surface area contributed by atoms with E-state index in [4.69, 9.17) is 14.2 Å². The van der Waals surface area contributed by atoms with Gasteiger partial charge < -0.3 is 24.2 Å². The van der Waals surface area contributed by atoms with Gasteiger partial charge in [-0.05, 0) is 30.3 Å². The molecule has 3 atom stereocenters. The average Bonchev–Trinajstić information content (AvgIpc) is 2.83. The Balaban J connectivity index is 1.79. The molecule has 0 radical (unpaired) electrons. The highest BCUT2D eigenvalue weighted by molar-refractivity contribution is 5.84. The third kappa shape index (κ3) is 7.27. The van der Waals surface area contributed by atoms with Crippen molar-refractivity contribution in [2.45, 2.75) is 31.5 Å². The molecule has 3 unspecified atom stereocenters. The predicted molar refractivity (Wildman–Crippen MR) is 128 cm³/mol. The molecule has 2 aromatic carbocycles. The lowest BCUT2D eigenvalue weighted by Gasteiger charge is -2.37. The van der Waals surface area contributed by atoms with Gasteiger partial charge in [0.1, 0.15) is 6.61 Å². The quantitative estimate of drug-likeness (QED) is 0.514. The van der Waals surface area contributed by atoms with E-state index in [0.717, 1.165) is 29.8 Å². The number of nitrogens with one attached hydrogen (secondary N) is 1. The Labute approximate surface area is 195 Å². The molecule has 0 spiro atoms. The van der Waals surface area contributed by atoms with Crippen molar-refractivity contribution in [2.24, 2.45) is 0 Å². The molecule has 3 rings (SSSR count). The third-order valence-corrected chi connectivity index (χ3v) is 5.31. The number of carbonyl (C=O) groups excluding carboxylic acids is 1. The van der Waals surface area contributed by atoms with Crippen molar-refractivity contribution in [3.8, 4) is 0 Å². The molecule has 1 amide bonds. The van der Waals surface area contributed by atoms with E-state index in [1.54, 1.807) is 6.07 Å². The fraction of sp³-hybridized carbons (Fsp3) is 0.346. The van der Waals surface area contributed by atoms with Crippen molar-refractivity contribution in [1.82, 2.24) is 4.90 Å². The van der Waals surface area contributed by atoms with Crippen LogP contribution in [0.4, 0.5) is 10.5 Å². The van der Waals surface area contributed by atoms with Crippen LogP contribution in [0.15, 0.2) is 73.8 Å². The number of anilines is 1. The van der Waals surface area contributed by atoms with Crippen molar-refractivity contribution in [3.63, 3.8) is 0 Å². The predicted octanol–water partition coefficient (Wildman–Crippen LogP) is 4.58. The van der Waals surface area contributed by atoms with E-state index in [2.05, 4.69) is 23.4 Å². The summed E-state index contributed by atoms with van der Waals surface area (Å²) in [5, 5.41) is 12.1. The molecule has 2 N–H and O–H groups in total. The lowest BCUT2D eigenvalue weighted by Crippen LogP contribution is -2.37. The zero-order valence-corrected chi connectivity index (χ0v) is 19.0. The van der Waals surface area contributed by atoms with Gasteiger partial charge in [0.15, 0.2) is 6.29 Å². The minimum absolute atomic E-state index is 0.00153. The second kappa shape index (κ2) is 12.3. The van der Waals surface area contributed by atoms with E-state index < -0.39 is 12.4 Å². The first kappa shape index (κ1) is 24.7. The van der Waals surface area contributed by atoms with Crippen molar-refractivity contribution in [2.75, 3.05) is 32.1 Å². The van der Waals surface area contributed by atoms with Crippen molar-refractivity contribution >= 4 is 11.8 Å². The smallest absolute Gasteiger partial charge is 0.411 e. The van der Waals surface area contributed by atoms with Gasteiger partial charge in [0.05, 0.1) is 18.8 Å². The minimum atomic E-state index is -0.602. The molecule has 7 nitrogen and oxygen atoms in total. The highest BCUT2D eigenvalue weighted by atomic mass is 16.7. The van der Waals surface area contributed by atoms with Gasteiger partial charge >= 0.3 is 6.09 Å². The highest BCUT2D eigenvalue weighted by Crippen LogP contribution is 2.38. The molecule has 1 fully saturated rings. The Kier molecular flexibility index (Phi) is 9.21. The van der Waals surface area contributed by atoms with Gasteiger partial charge in [-0.1, -0.05) is 55.1 Å². The number of aliphatic hydroxyl groups is 1. The molecule has 176 valence electrons. The topological polar surface area (TPSA) is 80.3 Å². The number of aliphatic hydroxyl groups excluding tert-OH is 1. The van der Waals surface area contributed by atoms with Gasteiger partial charge in [-0.3, -0.25) is 5.32 Å². The third-order valence-electron chi connectivity index (χ3n) is 5.31. The van der Waals surface area contributed by atoms with E-state index in [-0.39, 0.29) is 25.4 Å². The van der Waals surface area contributed by atoms with E-state index in [1.807, 2.05) is 55.6 Å². The van der Waals surface area contributed by atoms with Crippen LogP contribution in [0.1, 0.15) is 35.5 Å². The first-order chi connectivity index (χ1) is 16.0. The van der Waals surface area contributed by atoms with Crippen molar-refractivity contribution in [1.29, 1.82) is 0 Å². The van der Waals surface area contributed by atoms with Crippen LogP contribution in [0.3, 0.4) is 0 Å². The number of carbonyl (C=O) groups is 1. The first-order valence-corrected chi connectivity index (χ1v) is 11.0. The highest BCUT2D eigenvalue weighted by Gasteiger charge is 2.32. The summed E-state index contributed by atoms with van der Waals surface area (Å²) in [7, 11) is 2.03. The van der Waals surface area contributed by atoms with Crippen LogP contribution >= 0.6 is 0 Å². The number of likely N-dealkylation sites (N-methyl/N-ethyl adjacent to an activating group) is 1. The summed E-state index contributed by atoms with van der Waals surface area (Å²) < 4.78 is 17.7. The van der Waals surface area contributed by atoms with Gasteiger partial charge in [-0.2, -0.15) is 0 Å². The first-order valence-electron chi connectivity index (χ1n) is 11.0. The van der Waals surface area contributed by atoms with Crippen LogP contribution in [0.5, 0.6) is 0 Å². The molecule has 0 bridgehead atoms. The Morgan fingerprint density at radius 3 is 2.67 bits per heavy atom. The van der Waals surface area contributed by atoms with Crippen molar-refractivity contribution in [3.05, 3.63) is 90.5 Å². The van der Waals surface area contributed by atoms with Crippen LogP contribution in [0.25, 0.3) is 0 Å². The second-order valence-electron chi connectivity index (χ2n) is 8.00. The maximum Gasteiger partial charge on any atom is 0.411 e. The fourth-order valence-electron chi connectivity index (χ4n) is 3.73. The lowest BCUT2D eigenvalue weighted by molar-refractivity contribution is -0.252. The Bertz CT molecular complexity index is 931. The molecule has 1 heterocycles. The number of benzene rings is 2. The average molecular weight is 453 g/mol. The van der Waals surface area contributed by atoms with E-state index in [1.165, 1.54) is 6.08 Å². The molecular weight excluding hydrogens is 420 g/mol. The fourth-order valence-corrected chi connectivity index (χ4v) is 3.73. The van der Waals surface area contributed by atoms with E-state index in [9.17, 15) is 9.90 Å². The maximum atomic E-state index is 11.9. The lowest BCUT2D eigenvalue weighted by atomic mass is 9.99. The molecule has 1 aliphatic heterocycles. The molecular formula is C26H32N2O5. The van der Waals surface area contributed by atoms with E-state index in [0.29, 0.717) is 12.1 Å². The number of rotatable bonds is 10. The molecule has 1 aliphatic rings. The van der Waals surface area contributed by atoms with Gasteiger partial charge in [0.2, 0.25) is 0 Å². The molecule has 33 heavy (non-hydrogen) atoms. The Morgan fingerprint density at radius 1 is 1.18 bits per heavy atom. The molecule has 1 saturated heterocycles. The van der Waals surface area contributed by atoms with Crippen LogP contribution < -0.4 is 5.32 Å². The maximum absolute atomic E-state index is 11.9. The summed E-state index contributed by atoms with van der Waals surface area (Å²) in [6, 6.07) is 15.1. The zero-order valence-electron chi connectivity index (χ0n) is 19.0. The summed E-state index contributed by atoms with van der Waals surface area (Å²) >= 11 is 0. The second-order valence-corrected chi connectivity index (χ2v) is 8.00. The normalized spacial score (nSPS) is 20.3. The number of hydrogen-bond acceptors (Lipinski definition) is 6. The summed E-state index contributed by atoms with van der Waals surface area (Å²) in [5.74, 6) is 0. The van der Waals surface area contributed by atoms with Crippen LogP contribution in [0.2, 0.25) is 0 Å². The molecule has 0 aliphatic carbocycles. The molecule has 2 aromatic rings. The summed E-state index contributed by atoms with van der Waals surface area (Å²) in [4.78, 5) is 14.1. The van der Waals surface area contributed by atoms with Crippen LogP contribution in [0, 0.1) is 0 Å². The number of nitrogens with zero attached hydrogens (tertiary/aromatic N) is 1. The van der Waals surface area contributed by atoms with Gasteiger partial charge in [0, 0.05) is 30.8 Å². The standard InChI is InChI=1S/C26H32N2O5/c1-4-13-28(3)17-23-16-24(20-11-9-19(18-29)10-12-20)33-25(32-23)21-7-6-8-22(15-21)27-26(30)31-14-5-2/h4-12,15,23-25,29H,1-2,13-14,16-18H2,3H3,(H,27,30). The Hall–Kier alpha value is -2.97. The number of hydrogen-bond donors (Lipinski definition) is 2. The SMILES string of the molecule is C=CCOC(=O)Nc1cccc(C2OC(CN(C)CC=C)CC(c3ccc(CO)cc3)O2)c1. The summed E-state index contributed by atoms with van der Waals surface area (Å²) in [6.07, 6.45) is 2.68. The molecule has 7 heteroatoms. The molecule has 0 aromatic heterocycles. The Morgan fingerprint density at radius 2 is 1.97 bits per heavy atom. The minimum Gasteiger partial charge on any atom is -0.445 e. The monoisotopic (exact) mass is 452 g/mol. The van der Waals surface area contributed by atoms with E-state index >= 15 is 0 Å². The number of ether oxygens (including phenoxy) is 3. The summed E-state index contributed by atoms with van der Waals surface area (Å²) in [5.41, 5.74) is 3.26.